The highest BCUT2D eigenvalue weighted by Crippen LogP contribution is 2.21. The van der Waals surface area contributed by atoms with Crippen molar-refractivity contribution in [1.82, 2.24) is 4.90 Å². The van der Waals surface area contributed by atoms with Crippen LogP contribution in [-0.2, 0) is 4.79 Å². The van der Waals surface area contributed by atoms with Crippen LogP contribution in [0.15, 0.2) is 23.4 Å². The third kappa shape index (κ3) is 3.22. The second-order valence-corrected chi connectivity index (χ2v) is 4.22. The van der Waals surface area contributed by atoms with Gasteiger partial charge < -0.3 is 9.64 Å². The van der Waals surface area contributed by atoms with E-state index in [1.165, 1.54) is 0 Å². The lowest BCUT2D eigenvalue weighted by molar-refractivity contribution is -0.106. The van der Waals surface area contributed by atoms with E-state index in [1.807, 2.05) is 32.5 Å². The first-order valence-electron chi connectivity index (χ1n) is 4.18. The zero-order chi connectivity index (χ0) is 10.6. The van der Waals surface area contributed by atoms with Gasteiger partial charge in [0.2, 0.25) is 0 Å². The number of ether oxygens (including phenoxy) is 1. The van der Waals surface area contributed by atoms with Gasteiger partial charge in [-0.05, 0) is 13.0 Å². The molecule has 1 aromatic heterocycles. The summed E-state index contributed by atoms with van der Waals surface area (Å²) in [7, 11) is 3.68. The Bertz CT molecular complexity index is 342. The van der Waals surface area contributed by atoms with Gasteiger partial charge in [0.1, 0.15) is 5.75 Å². The second kappa shape index (κ2) is 4.81. The van der Waals surface area contributed by atoms with Crippen LogP contribution in [0, 0.1) is 6.92 Å². The molecule has 0 aliphatic carbocycles. The summed E-state index contributed by atoms with van der Waals surface area (Å²) < 4.78 is 5.36. The van der Waals surface area contributed by atoms with E-state index in [-0.39, 0.29) is 0 Å². The van der Waals surface area contributed by atoms with Gasteiger partial charge >= 0.3 is 0 Å². The molecule has 3 nitrogen and oxygen atoms in total. The highest BCUT2D eigenvalue weighted by Gasteiger charge is 2.01. The molecule has 0 aliphatic heterocycles. The standard InChI is InChI=1S/C10H13NO2S/c1-8-4-9(7-14-8)13-10(6-12)5-11(2)3/h4-7H,1-3H3/b10-5+. The fourth-order valence-corrected chi connectivity index (χ4v) is 1.55. The second-order valence-electron chi connectivity index (χ2n) is 3.11. The van der Waals surface area contributed by atoms with E-state index in [4.69, 9.17) is 4.74 Å². The van der Waals surface area contributed by atoms with Gasteiger partial charge in [0.05, 0.1) is 0 Å². The molecule has 1 heterocycles. The SMILES string of the molecule is Cc1cc(O/C(C=O)=C/N(C)C)cs1. The summed E-state index contributed by atoms with van der Waals surface area (Å²) in [5.74, 6) is 1.03. The maximum Gasteiger partial charge on any atom is 0.186 e. The van der Waals surface area contributed by atoms with Gasteiger partial charge in [0, 0.05) is 30.6 Å². The van der Waals surface area contributed by atoms with E-state index < -0.39 is 0 Å². The largest absolute Gasteiger partial charge is 0.452 e. The fraction of sp³-hybridized carbons (Fsp3) is 0.300. The van der Waals surface area contributed by atoms with E-state index >= 15 is 0 Å². The molecule has 0 unspecified atom stereocenters. The zero-order valence-corrected chi connectivity index (χ0v) is 9.30. The molecule has 1 aromatic rings. The van der Waals surface area contributed by atoms with Crippen LogP contribution in [0.3, 0.4) is 0 Å². The molecule has 0 amide bonds. The summed E-state index contributed by atoms with van der Waals surface area (Å²) in [5.41, 5.74) is 0. The Morgan fingerprint density at radius 2 is 2.29 bits per heavy atom. The van der Waals surface area contributed by atoms with Crippen molar-refractivity contribution in [2.45, 2.75) is 6.92 Å². The molecule has 1 rings (SSSR count). The number of hydrogen-bond donors (Lipinski definition) is 0. The number of hydrogen-bond acceptors (Lipinski definition) is 4. The van der Waals surface area contributed by atoms with Crippen LogP contribution in [0.1, 0.15) is 4.88 Å². The number of aryl methyl sites for hydroxylation is 1. The van der Waals surface area contributed by atoms with Crippen LogP contribution in [0.25, 0.3) is 0 Å². The molecule has 0 saturated carbocycles. The summed E-state index contributed by atoms with van der Waals surface area (Å²) in [6, 6.07) is 1.90. The molecule has 0 aliphatic rings. The van der Waals surface area contributed by atoms with E-state index in [0.29, 0.717) is 17.8 Å². The van der Waals surface area contributed by atoms with Crippen molar-refractivity contribution in [2.75, 3.05) is 14.1 Å². The van der Waals surface area contributed by atoms with E-state index in [2.05, 4.69) is 0 Å². The van der Waals surface area contributed by atoms with Crippen molar-refractivity contribution in [3.05, 3.63) is 28.3 Å². The van der Waals surface area contributed by atoms with E-state index in [0.717, 1.165) is 4.88 Å². The van der Waals surface area contributed by atoms with Crippen LogP contribution in [-0.4, -0.2) is 25.3 Å². The summed E-state index contributed by atoms with van der Waals surface area (Å²) in [5, 5.41) is 1.88. The molecule has 76 valence electrons. The third-order valence-electron chi connectivity index (χ3n) is 1.44. The first kappa shape index (κ1) is 10.8. The average molecular weight is 211 g/mol. The highest BCUT2D eigenvalue weighted by molar-refractivity contribution is 7.10. The highest BCUT2D eigenvalue weighted by atomic mass is 32.1. The number of nitrogens with zero attached hydrogens (tertiary/aromatic N) is 1. The summed E-state index contributed by atoms with van der Waals surface area (Å²) in [6.07, 6.45) is 2.34. The summed E-state index contributed by atoms with van der Waals surface area (Å²) in [6.45, 7) is 1.99. The molecule has 0 atom stereocenters. The zero-order valence-electron chi connectivity index (χ0n) is 8.48. The molecule has 0 N–H and O–H groups in total. The van der Waals surface area contributed by atoms with Gasteiger partial charge in [0.15, 0.2) is 12.0 Å². The Labute approximate surface area is 87.6 Å². The molecule has 0 spiro atoms. The minimum atomic E-state index is 0.313. The lowest BCUT2D eigenvalue weighted by Gasteiger charge is -2.07. The van der Waals surface area contributed by atoms with Crippen molar-refractivity contribution in [3.8, 4) is 5.75 Å². The topological polar surface area (TPSA) is 29.5 Å². The normalized spacial score (nSPS) is 11.2. The Kier molecular flexibility index (Phi) is 3.71. The maximum atomic E-state index is 10.6. The number of rotatable bonds is 4. The molecule has 14 heavy (non-hydrogen) atoms. The lowest BCUT2D eigenvalue weighted by Crippen LogP contribution is -2.06. The maximum absolute atomic E-state index is 10.6. The molecular weight excluding hydrogens is 198 g/mol. The van der Waals surface area contributed by atoms with Crippen molar-refractivity contribution < 1.29 is 9.53 Å². The van der Waals surface area contributed by atoms with Crippen LogP contribution in [0.4, 0.5) is 0 Å². The monoisotopic (exact) mass is 211 g/mol. The quantitative estimate of drug-likeness (QED) is 0.433. The van der Waals surface area contributed by atoms with Crippen molar-refractivity contribution in [3.63, 3.8) is 0 Å². The van der Waals surface area contributed by atoms with Gasteiger partial charge in [-0.2, -0.15) is 0 Å². The molecule has 0 bridgehead atoms. The van der Waals surface area contributed by atoms with Crippen molar-refractivity contribution >= 4 is 17.6 Å². The van der Waals surface area contributed by atoms with Crippen molar-refractivity contribution in [1.29, 1.82) is 0 Å². The Morgan fingerprint density at radius 3 is 2.71 bits per heavy atom. The van der Waals surface area contributed by atoms with Crippen LogP contribution in [0.2, 0.25) is 0 Å². The van der Waals surface area contributed by atoms with Crippen LogP contribution in [0.5, 0.6) is 5.75 Å². The van der Waals surface area contributed by atoms with E-state index in [9.17, 15) is 4.79 Å². The first-order chi connectivity index (χ1) is 6.61. The molecular formula is C10H13NO2S. The molecule has 0 saturated heterocycles. The lowest BCUT2D eigenvalue weighted by atomic mass is 10.5. The van der Waals surface area contributed by atoms with Gasteiger partial charge in [-0.15, -0.1) is 11.3 Å². The summed E-state index contributed by atoms with van der Waals surface area (Å²) >= 11 is 1.59. The number of aldehydes is 1. The number of allylic oxidation sites excluding steroid dienone is 1. The molecule has 0 fully saturated rings. The number of carbonyl (C=O) groups excluding carboxylic acids is 1. The van der Waals surface area contributed by atoms with Gasteiger partial charge in [0.25, 0.3) is 0 Å². The predicted octanol–water partition coefficient (Wildman–Crippen LogP) is 2.04. The molecule has 0 radical (unpaired) electrons. The minimum Gasteiger partial charge on any atom is -0.452 e. The predicted molar refractivity (Wildman–Crippen MR) is 57.5 cm³/mol. The Morgan fingerprint density at radius 1 is 1.57 bits per heavy atom. The minimum absolute atomic E-state index is 0.313. The first-order valence-corrected chi connectivity index (χ1v) is 5.06. The third-order valence-corrected chi connectivity index (χ3v) is 2.28. The van der Waals surface area contributed by atoms with Gasteiger partial charge in [-0.25, -0.2) is 0 Å². The molecule has 4 heteroatoms. The van der Waals surface area contributed by atoms with Crippen molar-refractivity contribution in [2.24, 2.45) is 0 Å². The Hall–Kier alpha value is -1.29. The Balaban J connectivity index is 2.70. The average Bonchev–Trinajstić information content (AvgIpc) is 2.49. The van der Waals surface area contributed by atoms with E-state index in [1.54, 1.807) is 22.4 Å². The smallest absolute Gasteiger partial charge is 0.186 e. The number of carbonyl (C=O) groups is 1. The van der Waals surface area contributed by atoms with Gasteiger partial charge in [-0.3, -0.25) is 4.79 Å². The molecule has 0 aromatic carbocycles. The summed E-state index contributed by atoms with van der Waals surface area (Å²) in [4.78, 5) is 13.6. The van der Waals surface area contributed by atoms with Crippen LogP contribution >= 0.6 is 11.3 Å². The van der Waals surface area contributed by atoms with Gasteiger partial charge in [-0.1, -0.05) is 0 Å². The van der Waals surface area contributed by atoms with Crippen LogP contribution < -0.4 is 4.74 Å². The number of thiophene rings is 1. The fourth-order valence-electron chi connectivity index (χ4n) is 0.944.